The number of fused-ring (bicyclic) bond motifs is 2. The Hall–Kier alpha value is -4.33. The van der Waals surface area contributed by atoms with Crippen molar-refractivity contribution >= 4 is 44.7 Å². The molecule has 0 aliphatic heterocycles. The highest BCUT2D eigenvalue weighted by Crippen LogP contribution is 2.43. The summed E-state index contributed by atoms with van der Waals surface area (Å²) in [5.41, 5.74) is 4.96. The maximum atomic E-state index is 13.8. The van der Waals surface area contributed by atoms with Crippen LogP contribution >= 0.6 is 11.3 Å². The van der Waals surface area contributed by atoms with Gasteiger partial charge < -0.3 is 15.5 Å². The molecule has 3 N–H and O–H groups in total. The van der Waals surface area contributed by atoms with Gasteiger partial charge in [-0.1, -0.05) is 0 Å². The predicted octanol–water partition coefficient (Wildman–Crippen LogP) is 5.70. The Morgan fingerprint density at radius 3 is 2.55 bits per heavy atom. The van der Waals surface area contributed by atoms with Crippen molar-refractivity contribution in [3.8, 4) is 11.3 Å². The third kappa shape index (κ3) is 4.06. The predicted molar refractivity (Wildman–Crippen MR) is 129 cm³/mol. The van der Waals surface area contributed by atoms with Gasteiger partial charge >= 0.3 is 0 Å². The van der Waals surface area contributed by atoms with Gasteiger partial charge in [-0.25, -0.2) is 32.0 Å². The van der Waals surface area contributed by atoms with Crippen LogP contribution in [0.3, 0.4) is 0 Å². The van der Waals surface area contributed by atoms with Gasteiger partial charge in [0.25, 0.3) is 24.7 Å². The smallest absolute Gasteiger partial charge is 0.280 e. The molecule has 5 heterocycles. The van der Waals surface area contributed by atoms with Crippen LogP contribution in [0, 0.1) is 0 Å². The van der Waals surface area contributed by atoms with Gasteiger partial charge in [0.05, 0.1) is 12.0 Å². The van der Waals surface area contributed by atoms with Crippen LogP contribution in [0.4, 0.5) is 23.2 Å². The van der Waals surface area contributed by atoms with Gasteiger partial charge in [0.15, 0.2) is 11.3 Å². The van der Waals surface area contributed by atoms with E-state index in [-0.39, 0.29) is 49.4 Å². The third-order valence-electron chi connectivity index (χ3n) is 6.08. The summed E-state index contributed by atoms with van der Waals surface area (Å²) >= 11 is 0.723. The SMILES string of the molecule is NC(=O)c1sc2nc(C(F)F)cc(-c3ccco3)c2c1NC(=O)c1cc2nc(C3CC3)cc(C(F)F)n2n1. The molecule has 9 nitrogen and oxygen atoms in total. The quantitative estimate of drug-likeness (QED) is 0.253. The van der Waals surface area contributed by atoms with E-state index in [9.17, 15) is 27.2 Å². The van der Waals surface area contributed by atoms with E-state index in [2.05, 4.69) is 20.4 Å². The van der Waals surface area contributed by atoms with Gasteiger partial charge in [-0.2, -0.15) is 5.10 Å². The molecule has 0 bridgehead atoms. The number of alkyl halides is 4. The zero-order valence-electron chi connectivity index (χ0n) is 19.1. The van der Waals surface area contributed by atoms with E-state index in [1.165, 1.54) is 24.5 Å². The molecule has 0 aromatic carbocycles. The fraction of sp³-hybridized carbons (Fsp3) is 0.208. The number of primary amides is 1. The van der Waals surface area contributed by atoms with Crippen molar-refractivity contribution in [1.82, 2.24) is 19.6 Å². The Morgan fingerprint density at radius 2 is 1.92 bits per heavy atom. The van der Waals surface area contributed by atoms with Crippen molar-refractivity contribution in [3.05, 3.63) is 64.2 Å². The topological polar surface area (TPSA) is 128 Å². The number of nitrogens with one attached hydrogen (secondary N) is 1. The van der Waals surface area contributed by atoms with Crippen LogP contribution in [0.2, 0.25) is 0 Å². The second-order valence-corrected chi connectivity index (χ2v) is 9.66. The fourth-order valence-electron chi connectivity index (χ4n) is 4.20. The van der Waals surface area contributed by atoms with Crippen LogP contribution < -0.4 is 11.1 Å². The van der Waals surface area contributed by atoms with Gasteiger partial charge in [-0.3, -0.25) is 9.59 Å². The maximum Gasteiger partial charge on any atom is 0.280 e. The van der Waals surface area contributed by atoms with Crippen LogP contribution in [0.5, 0.6) is 0 Å². The van der Waals surface area contributed by atoms with E-state index < -0.39 is 36.1 Å². The van der Waals surface area contributed by atoms with Crippen LogP contribution in [0.15, 0.2) is 41.0 Å². The maximum absolute atomic E-state index is 13.8. The molecule has 38 heavy (non-hydrogen) atoms. The Labute approximate surface area is 214 Å². The molecule has 1 aliphatic carbocycles. The molecule has 1 aliphatic rings. The molecular formula is C24H16F4N6O3S. The second kappa shape index (κ2) is 8.90. The van der Waals surface area contributed by atoms with Crippen LogP contribution in [-0.4, -0.2) is 31.4 Å². The molecule has 2 amide bonds. The molecule has 0 atom stereocenters. The van der Waals surface area contributed by atoms with Gasteiger partial charge in [0.2, 0.25) is 0 Å². The Bertz CT molecular complexity index is 1730. The normalized spacial score (nSPS) is 13.7. The number of carbonyl (C=O) groups excluding carboxylic acids is 2. The first-order chi connectivity index (χ1) is 18.2. The average molecular weight is 544 g/mol. The number of nitrogens with zero attached hydrogens (tertiary/aromatic N) is 4. The lowest BCUT2D eigenvalue weighted by Gasteiger charge is -2.09. The fourth-order valence-corrected chi connectivity index (χ4v) is 5.21. The zero-order chi connectivity index (χ0) is 26.7. The first-order valence-corrected chi connectivity index (χ1v) is 12.1. The summed E-state index contributed by atoms with van der Waals surface area (Å²) in [5.74, 6) is -1.51. The molecule has 5 aromatic rings. The van der Waals surface area contributed by atoms with Crippen LogP contribution in [0.25, 0.3) is 27.2 Å². The summed E-state index contributed by atoms with van der Waals surface area (Å²) in [6.45, 7) is 0. The van der Waals surface area contributed by atoms with E-state index in [4.69, 9.17) is 10.2 Å². The number of aromatic nitrogens is 4. The number of thiophene rings is 1. The lowest BCUT2D eigenvalue weighted by molar-refractivity contribution is 0.100. The lowest BCUT2D eigenvalue weighted by Crippen LogP contribution is -2.17. The van der Waals surface area contributed by atoms with Crippen molar-refractivity contribution in [3.63, 3.8) is 0 Å². The van der Waals surface area contributed by atoms with E-state index in [1.54, 1.807) is 6.07 Å². The second-order valence-electron chi connectivity index (χ2n) is 8.66. The standard InChI is InChI=1S/C24H16F4N6O3S/c25-20(26)12-6-10(15-2-1-5-37-15)17-18(19(22(29)35)38-24(17)31-12)32-23(36)13-8-16-30-11(9-3-4-9)7-14(21(27)28)34(16)33-13/h1-2,5-9,20-21H,3-4H2,(H2,29,35)(H,32,36). The summed E-state index contributed by atoms with van der Waals surface area (Å²) in [5, 5.41) is 6.72. The Kier molecular flexibility index (Phi) is 5.63. The number of amides is 2. The lowest BCUT2D eigenvalue weighted by atomic mass is 10.1. The minimum absolute atomic E-state index is 0.0176. The number of nitrogens with two attached hydrogens (primary N) is 1. The third-order valence-corrected chi connectivity index (χ3v) is 7.18. The molecule has 1 fully saturated rings. The van der Waals surface area contributed by atoms with E-state index in [0.29, 0.717) is 5.69 Å². The van der Waals surface area contributed by atoms with E-state index >= 15 is 0 Å². The molecule has 6 rings (SSSR count). The van der Waals surface area contributed by atoms with Gasteiger partial charge in [0, 0.05) is 28.6 Å². The van der Waals surface area contributed by atoms with Gasteiger partial charge in [-0.05, 0) is 37.1 Å². The van der Waals surface area contributed by atoms with Crippen molar-refractivity contribution < 1.29 is 31.6 Å². The highest BCUT2D eigenvalue weighted by Gasteiger charge is 2.30. The molecule has 0 unspecified atom stereocenters. The van der Waals surface area contributed by atoms with Crippen molar-refractivity contribution in [2.45, 2.75) is 31.6 Å². The van der Waals surface area contributed by atoms with E-state index in [1.807, 2.05) is 0 Å². The first-order valence-electron chi connectivity index (χ1n) is 11.3. The number of furan rings is 1. The molecule has 14 heteroatoms. The zero-order valence-corrected chi connectivity index (χ0v) is 19.9. The largest absolute Gasteiger partial charge is 0.464 e. The molecule has 194 valence electrons. The van der Waals surface area contributed by atoms with Crippen LogP contribution in [-0.2, 0) is 0 Å². The molecule has 1 saturated carbocycles. The summed E-state index contributed by atoms with van der Waals surface area (Å²) in [6, 6.07) is 6.70. The summed E-state index contributed by atoms with van der Waals surface area (Å²) < 4.78 is 60.9. The monoisotopic (exact) mass is 544 g/mol. The molecule has 5 aromatic heterocycles. The summed E-state index contributed by atoms with van der Waals surface area (Å²) in [6.07, 6.45) is -2.76. The molecular weight excluding hydrogens is 528 g/mol. The number of anilines is 1. The number of hydrogen-bond donors (Lipinski definition) is 2. The number of pyridine rings is 1. The van der Waals surface area contributed by atoms with Crippen molar-refractivity contribution in [2.75, 3.05) is 5.32 Å². The molecule has 0 radical (unpaired) electrons. The van der Waals surface area contributed by atoms with Crippen molar-refractivity contribution in [1.29, 1.82) is 0 Å². The minimum atomic E-state index is -2.92. The highest BCUT2D eigenvalue weighted by atomic mass is 32.1. The highest BCUT2D eigenvalue weighted by molar-refractivity contribution is 7.21. The Morgan fingerprint density at radius 1 is 1.13 bits per heavy atom. The Balaban J connectivity index is 1.48. The molecule has 0 spiro atoms. The van der Waals surface area contributed by atoms with Crippen LogP contribution in [0.1, 0.15) is 68.9 Å². The minimum Gasteiger partial charge on any atom is -0.464 e. The number of hydrogen-bond acceptors (Lipinski definition) is 7. The summed E-state index contributed by atoms with van der Waals surface area (Å²) in [4.78, 5) is 33.7. The number of halogens is 4. The van der Waals surface area contributed by atoms with Gasteiger partial charge in [-0.15, -0.1) is 11.3 Å². The van der Waals surface area contributed by atoms with E-state index in [0.717, 1.165) is 34.8 Å². The molecule has 0 saturated heterocycles. The average Bonchev–Trinajstić information content (AvgIpc) is 3.27. The van der Waals surface area contributed by atoms with Gasteiger partial charge in [0.1, 0.15) is 26.9 Å². The summed E-state index contributed by atoms with van der Waals surface area (Å²) in [7, 11) is 0. The number of rotatable bonds is 7. The number of carbonyl (C=O) groups is 2. The first kappa shape index (κ1) is 24.0. The van der Waals surface area contributed by atoms with Crippen molar-refractivity contribution in [2.24, 2.45) is 5.73 Å².